The summed E-state index contributed by atoms with van der Waals surface area (Å²) in [5.41, 5.74) is 4.12. The van der Waals surface area contributed by atoms with E-state index in [1.807, 2.05) is 78.9 Å². The van der Waals surface area contributed by atoms with Gasteiger partial charge in [-0.1, -0.05) is 68.4 Å². The van der Waals surface area contributed by atoms with E-state index in [1.54, 1.807) is 6.08 Å². The Balaban J connectivity index is 1.51. The fourth-order valence-corrected chi connectivity index (χ4v) is 2.72. The predicted molar refractivity (Wildman–Crippen MR) is 115 cm³/mol. The Bertz CT molecular complexity index is 911. The van der Waals surface area contributed by atoms with Crippen molar-refractivity contribution in [1.82, 2.24) is 0 Å². The van der Waals surface area contributed by atoms with Gasteiger partial charge in [-0.25, -0.2) is 0 Å². The molecule has 3 aromatic rings. The van der Waals surface area contributed by atoms with Gasteiger partial charge in [-0.2, -0.15) is 0 Å². The number of carbonyl (C=O) groups excluding carboxylic acids is 1. The molecule has 0 atom stereocenters. The van der Waals surface area contributed by atoms with E-state index in [0.29, 0.717) is 12.5 Å². The van der Waals surface area contributed by atoms with Crippen LogP contribution < -0.4 is 10.1 Å². The molecule has 0 bridgehead atoms. The first-order chi connectivity index (χ1) is 13.6. The average Bonchev–Trinajstić information content (AvgIpc) is 2.72. The molecule has 0 saturated carbocycles. The normalized spacial score (nSPS) is 11.0. The molecule has 0 saturated heterocycles. The molecule has 0 aliphatic rings. The van der Waals surface area contributed by atoms with Crippen LogP contribution in [-0.4, -0.2) is 5.91 Å². The van der Waals surface area contributed by atoms with E-state index in [2.05, 4.69) is 19.2 Å². The summed E-state index contributed by atoms with van der Waals surface area (Å²) in [5, 5.41) is 2.88. The van der Waals surface area contributed by atoms with Crippen LogP contribution in [0.1, 0.15) is 36.5 Å². The molecule has 142 valence electrons. The summed E-state index contributed by atoms with van der Waals surface area (Å²) in [7, 11) is 0. The molecule has 1 amide bonds. The Kier molecular flexibility index (Phi) is 6.64. The van der Waals surface area contributed by atoms with Crippen LogP contribution in [0.2, 0.25) is 0 Å². The van der Waals surface area contributed by atoms with Gasteiger partial charge in [-0.15, -0.1) is 0 Å². The number of rotatable bonds is 7. The summed E-state index contributed by atoms with van der Waals surface area (Å²) in [4.78, 5) is 12.1. The van der Waals surface area contributed by atoms with E-state index in [4.69, 9.17) is 4.74 Å². The molecule has 3 heteroatoms. The van der Waals surface area contributed by atoms with Crippen LogP contribution in [0.5, 0.6) is 5.75 Å². The lowest BCUT2D eigenvalue weighted by Crippen LogP contribution is -2.07. The number of carbonyl (C=O) groups is 1. The largest absolute Gasteiger partial charge is 0.489 e. The van der Waals surface area contributed by atoms with Crippen molar-refractivity contribution in [2.75, 3.05) is 5.32 Å². The van der Waals surface area contributed by atoms with Crippen LogP contribution >= 0.6 is 0 Å². The third-order valence-electron chi connectivity index (χ3n) is 4.40. The topological polar surface area (TPSA) is 38.3 Å². The molecule has 0 aliphatic heterocycles. The molecule has 3 nitrogen and oxygen atoms in total. The van der Waals surface area contributed by atoms with E-state index in [1.165, 1.54) is 11.6 Å². The minimum absolute atomic E-state index is 0.151. The third kappa shape index (κ3) is 5.85. The zero-order chi connectivity index (χ0) is 19.8. The Morgan fingerprint density at radius 2 is 1.61 bits per heavy atom. The van der Waals surface area contributed by atoms with Crippen LogP contribution in [0.25, 0.3) is 6.08 Å². The molecule has 0 radical (unpaired) electrons. The maximum atomic E-state index is 12.1. The summed E-state index contributed by atoms with van der Waals surface area (Å²) in [5.74, 6) is 1.13. The third-order valence-corrected chi connectivity index (χ3v) is 4.40. The smallest absolute Gasteiger partial charge is 0.248 e. The van der Waals surface area contributed by atoms with Crippen molar-refractivity contribution in [3.8, 4) is 5.75 Å². The number of benzene rings is 3. The van der Waals surface area contributed by atoms with Crippen molar-refractivity contribution in [2.24, 2.45) is 0 Å². The van der Waals surface area contributed by atoms with Crippen LogP contribution in [0.15, 0.2) is 84.9 Å². The molecule has 0 aliphatic carbocycles. The zero-order valence-electron chi connectivity index (χ0n) is 16.3. The van der Waals surface area contributed by atoms with Gasteiger partial charge in [0.2, 0.25) is 5.91 Å². The maximum absolute atomic E-state index is 12.1. The maximum Gasteiger partial charge on any atom is 0.248 e. The highest BCUT2D eigenvalue weighted by molar-refractivity contribution is 6.01. The molecule has 0 spiro atoms. The SMILES string of the molecule is CC(C)c1ccc(NC(=O)C=Cc2ccc(OCc3ccccc3)cc2)cc1. The number of hydrogen-bond acceptors (Lipinski definition) is 2. The fraction of sp³-hybridized carbons (Fsp3) is 0.160. The monoisotopic (exact) mass is 371 g/mol. The van der Waals surface area contributed by atoms with Crippen molar-refractivity contribution in [2.45, 2.75) is 26.4 Å². The number of nitrogens with one attached hydrogen (secondary N) is 1. The average molecular weight is 371 g/mol. The first-order valence-corrected chi connectivity index (χ1v) is 9.46. The van der Waals surface area contributed by atoms with Gasteiger partial charge in [-0.3, -0.25) is 4.79 Å². The second kappa shape index (κ2) is 9.56. The quantitative estimate of drug-likeness (QED) is 0.514. The summed E-state index contributed by atoms with van der Waals surface area (Å²) in [6, 6.07) is 25.7. The van der Waals surface area contributed by atoms with Crippen molar-refractivity contribution in [3.63, 3.8) is 0 Å². The molecular formula is C25H25NO2. The highest BCUT2D eigenvalue weighted by Gasteiger charge is 2.01. The van der Waals surface area contributed by atoms with Crippen LogP contribution in [0.4, 0.5) is 5.69 Å². The molecule has 3 aromatic carbocycles. The summed E-state index contributed by atoms with van der Waals surface area (Å²) >= 11 is 0. The number of amides is 1. The van der Waals surface area contributed by atoms with Gasteiger partial charge < -0.3 is 10.1 Å². The first kappa shape index (κ1) is 19.4. The van der Waals surface area contributed by atoms with Gasteiger partial charge >= 0.3 is 0 Å². The van der Waals surface area contributed by atoms with E-state index in [-0.39, 0.29) is 5.91 Å². The predicted octanol–water partition coefficient (Wildman–Crippen LogP) is 6.04. The standard InChI is InChI=1S/C25H25NO2/c1-19(2)22-11-13-23(14-12-22)26-25(27)17-10-20-8-15-24(16-9-20)28-18-21-6-4-3-5-7-21/h3-17,19H,18H2,1-2H3,(H,26,27). The van der Waals surface area contributed by atoms with E-state index < -0.39 is 0 Å². The highest BCUT2D eigenvalue weighted by Crippen LogP contribution is 2.18. The van der Waals surface area contributed by atoms with Crippen molar-refractivity contribution < 1.29 is 9.53 Å². The lowest BCUT2D eigenvalue weighted by molar-refractivity contribution is -0.111. The van der Waals surface area contributed by atoms with E-state index in [0.717, 1.165) is 22.6 Å². The van der Waals surface area contributed by atoms with Gasteiger partial charge in [-0.05, 0) is 52.9 Å². The Labute approximate surface area is 166 Å². The molecule has 3 rings (SSSR count). The highest BCUT2D eigenvalue weighted by atomic mass is 16.5. The van der Waals surface area contributed by atoms with Crippen molar-refractivity contribution in [3.05, 3.63) is 102 Å². The molecule has 0 aromatic heterocycles. The van der Waals surface area contributed by atoms with Crippen LogP contribution in [0, 0.1) is 0 Å². The fourth-order valence-electron chi connectivity index (χ4n) is 2.72. The molecule has 0 unspecified atom stereocenters. The Morgan fingerprint density at radius 3 is 2.25 bits per heavy atom. The zero-order valence-corrected chi connectivity index (χ0v) is 16.3. The van der Waals surface area contributed by atoms with E-state index >= 15 is 0 Å². The van der Waals surface area contributed by atoms with Crippen LogP contribution in [-0.2, 0) is 11.4 Å². The number of hydrogen-bond donors (Lipinski definition) is 1. The second-order valence-corrected chi connectivity index (χ2v) is 6.94. The van der Waals surface area contributed by atoms with Gasteiger partial charge in [0, 0.05) is 11.8 Å². The summed E-state index contributed by atoms with van der Waals surface area (Å²) in [6.07, 6.45) is 3.33. The lowest BCUT2D eigenvalue weighted by Gasteiger charge is -2.07. The Hall–Kier alpha value is -3.33. The van der Waals surface area contributed by atoms with Crippen LogP contribution in [0.3, 0.4) is 0 Å². The van der Waals surface area contributed by atoms with Gasteiger partial charge in [0.05, 0.1) is 0 Å². The van der Waals surface area contributed by atoms with Gasteiger partial charge in [0.25, 0.3) is 0 Å². The molecule has 0 fully saturated rings. The molecular weight excluding hydrogens is 346 g/mol. The molecule has 1 N–H and O–H groups in total. The van der Waals surface area contributed by atoms with Gasteiger partial charge in [0.15, 0.2) is 0 Å². The Morgan fingerprint density at radius 1 is 0.929 bits per heavy atom. The molecule has 0 heterocycles. The minimum atomic E-state index is -0.151. The van der Waals surface area contributed by atoms with Gasteiger partial charge in [0.1, 0.15) is 12.4 Å². The molecule has 28 heavy (non-hydrogen) atoms. The lowest BCUT2D eigenvalue weighted by atomic mass is 10.0. The van der Waals surface area contributed by atoms with Crippen molar-refractivity contribution in [1.29, 1.82) is 0 Å². The second-order valence-electron chi connectivity index (χ2n) is 6.94. The van der Waals surface area contributed by atoms with Crippen molar-refractivity contribution >= 4 is 17.7 Å². The first-order valence-electron chi connectivity index (χ1n) is 9.46. The number of ether oxygens (including phenoxy) is 1. The summed E-state index contributed by atoms with van der Waals surface area (Å²) < 4.78 is 5.77. The minimum Gasteiger partial charge on any atom is -0.489 e. The summed E-state index contributed by atoms with van der Waals surface area (Å²) in [6.45, 7) is 4.83. The van der Waals surface area contributed by atoms with E-state index in [9.17, 15) is 4.79 Å². The number of anilines is 1.